The van der Waals surface area contributed by atoms with E-state index < -0.39 is 10.4 Å². The third kappa shape index (κ3) is 40.8. The Morgan fingerprint density at radius 1 is 0.767 bits per heavy atom. The maximum absolute atomic E-state index is 10.9. The van der Waals surface area contributed by atoms with Crippen molar-refractivity contribution in [3.05, 3.63) is 24.3 Å². The van der Waals surface area contributed by atoms with Gasteiger partial charge in [-0.05, 0) is 13.8 Å². The number of likely N-dealkylation sites (N-methyl/N-ethyl adjacent to an activating group) is 2. The largest absolute Gasteiger partial charge is 0.759 e. The third-order valence-corrected chi connectivity index (χ3v) is 2.69. The molecule has 0 saturated carbocycles. The second-order valence-corrected chi connectivity index (χ2v) is 9.09. The molecule has 10 nitrogen and oxygen atoms in total. The molecule has 11 heteroatoms. The van der Waals surface area contributed by atoms with Crippen LogP contribution in [-0.2, 0) is 29.5 Å². The quantitative estimate of drug-likeness (QED) is 0.173. The lowest BCUT2D eigenvalue weighted by molar-refractivity contribution is -0.870. The smallest absolute Gasteiger partial charge is 0.333 e. The highest BCUT2D eigenvalue weighted by Crippen LogP contribution is 1.95. The fourth-order valence-electron chi connectivity index (χ4n) is 1.07. The Balaban J connectivity index is -0.000000180. The second-order valence-electron chi connectivity index (χ2n) is 8.27. The lowest BCUT2D eigenvalue weighted by Gasteiger charge is -2.23. The van der Waals surface area contributed by atoms with Crippen molar-refractivity contribution in [2.24, 2.45) is 0 Å². The van der Waals surface area contributed by atoms with Gasteiger partial charge in [-0.1, -0.05) is 20.6 Å². The molecule has 0 saturated heterocycles. The van der Waals surface area contributed by atoms with E-state index >= 15 is 0 Å². The number of nitrogens with zero attached hydrogens (tertiary/aromatic N) is 2. The highest BCUT2D eigenvalue weighted by atomic mass is 32.3. The molecule has 0 aliphatic rings. The van der Waals surface area contributed by atoms with Crippen LogP contribution in [0.15, 0.2) is 24.3 Å². The Morgan fingerprint density at radius 2 is 0.967 bits per heavy atom. The monoisotopic (exact) mass is 456 g/mol. The molecule has 0 aliphatic heterocycles. The first-order chi connectivity index (χ1) is 12.7. The molecule has 0 aromatic rings. The van der Waals surface area contributed by atoms with Crippen molar-refractivity contribution in [1.29, 1.82) is 0 Å². The van der Waals surface area contributed by atoms with E-state index in [1.807, 2.05) is 0 Å². The summed E-state index contributed by atoms with van der Waals surface area (Å²) in [6.07, 6.45) is 0. The van der Waals surface area contributed by atoms with Gasteiger partial charge in [-0.25, -0.2) is 9.59 Å². The van der Waals surface area contributed by atoms with E-state index in [4.69, 9.17) is 27.0 Å². The minimum Gasteiger partial charge on any atom is -0.759 e. The molecular weight excluding hydrogens is 416 g/mol. The minimum absolute atomic E-state index is 0. The molecule has 0 amide bonds. The highest BCUT2D eigenvalue weighted by molar-refractivity contribution is 7.79. The number of esters is 2. The van der Waals surface area contributed by atoms with E-state index in [0.717, 1.165) is 22.1 Å². The molecule has 0 radical (unpaired) electrons. The van der Waals surface area contributed by atoms with Gasteiger partial charge in [0.2, 0.25) is 0 Å². The zero-order chi connectivity index (χ0) is 24.1. The van der Waals surface area contributed by atoms with Crippen molar-refractivity contribution in [3.63, 3.8) is 0 Å². The SMILES string of the molecule is C.C=C(C)C(=O)OCC[N+](C)(C)C.C=C(C)C(=O)OCC[N+](C)(C)C.O=S(=O)([O-])[O-]. The summed E-state index contributed by atoms with van der Waals surface area (Å²) in [6, 6.07) is 0. The van der Waals surface area contributed by atoms with Gasteiger partial charge in [0.1, 0.15) is 26.3 Å². The normalized spacial score (nSPS) is 10.7. The predicted octanol–water partition coefficient (Wildman–Crippen LogP) is 0.922. The van der Waals surface area contributed by atoms with E-state index in [9.17, 15) is 9.59 Å². The Morgan fingerprint density at radius 3 is 1.10 bits per heavy atom. The number of rotatable bonds is 8. The van der Waals surface area contributed by atoms with Gasteiger partial charge in [0.25, 0.3) is 0 Å². The van der Waals surface area contributed by atoms with E-state index in [2.05, 4.69) is 55.4 Å². The van der Waals surface area contributed by atoms with Gasteiger partial charge in [0.15, 0.2) is 0 Å². The molecule has 0 atom stereocenters. The first-order valence-electron chi connectivity index (χ1n) is 8.58. The summed E-state index contributed by atoms with van der Waals surface area (Å²) >= 11 is 0. The lowest BCUT2D eigenvalue weighted by atomic mass is 10.4. The first kappa shape index (κ1) is 35.6. The number of hydrogen-bond acceptors (Lipinski definition) is 8. The van der Waals surface area contributed by atoms with Gasteiger partial charge in [-0.15, -0.1) is 0 Å². The molecule has 0 N–H and O–H groups in total. The van der Waals surface area contributed by atoms with Gasteiger partial charge < -0.3 is 27.5 Å². The topological polar surface area (TPSA) is 133 Å². The minimum atomic E-state index is -5.17. The van der Waals surface area contributed by atoms with Crippen molar-refractivity contribution < 1.29 is 45.6 Å². The van der Waals surface area contributed by atoms with Gasteiger partial charge in [-0.2, -0.15) is 0 Å². The number of quaternary nitrogens is 2. The standard InChI is InChI=1S/2C9H18NO2.CH4.H2O4S/c2*1-8(2)9(11)12-7-6-10(3,4)5;;1-5(2,3)4/h2*1,6-7H2,2-5H3;1H4;(H2,1,2,3,4)/q2*+1;;/p-2. The molecule has 0 heterocycles. The summed E-state index contributed by atoms with van der Waals surface area (Å²) in [5.74, 6) is -0.605. The van der Waals surface area contributed by atoms with Crippen LogP contribution < -0.4 is 0 Å². The second kappa shape index (κ2) is 16.0. The van der Waals surface area contributed by atoms with E-state index in [0.29, 0.717) is 24.4 Å². The molecule has 0 aliphatic carbocycles. The van der Waals surface area contributed by atoms with Crippen molar-refractivity contribution in [2.75, 3.05) is 68.6 Å². The van der Waals surface area contributed by atoms with Crippen LogP contribution in [0.25, 0.3) is 0 Å². The molecule has 0 unspecified atom stereocenters. The zero-order valence-electron chi connectivity index (χ0n) is 18.8. The van der Waals surface area contributed by atoms with Gasteiger partial charge in [0, 0.05) is 21.5 Å². The van der Waals surface area contributed by atoms with E-state index in [1.54, 1.807) is 13.8 Å². The average molecular weight is 457 g/mol. The summed E-state index contributed by atoms with van der Waals surface area (Å²) in [6.45, 7) is 12.8. The van der Waals surface area contributed by atoms with Gasteiger partial charge in [0.05, 0.1) is 42.3 Å². The van der Waals surface area contributed by atoms with Crippen LogP contribution in [0.3, 0.4) is 0 Å². The maximum atomic E-state index is 10.9. The predicted molar refractivity (Wildman–Crippen MR) is 115 cm³/mol. The Labute approximate surface area is 182 Å². The van der Waals surface area contributed by atoms with Crippen molar-refractivity contribution in [1.82, 2.24) is 0 Å². The van der Waals surface area contributed by atoms with Crippen LogP contribution in [0.1, 0.15) is 21.3 Å². The van der Waals surface area contributed by atoms with Gasteiger partial charge >= 0.3 is 11.9 Å². The van der Waals surface area contributed by atoms with Crippen LogP contribution in [0.5, 0.6) is 0 Å². The lowest BCUT2D eigenvalue weighted by Crippen LogP contribution is -2.38. The maximum Gasteiger partial charge on any atom is 0.333 e. The number of ether oxygens (including phenoxy) is 2. The molecule has 0 fully saturated rings. The van der Waals surface area contributed by atoms with E-state index in [1.165, 1.54) is 0 Å². The first-order valence-corrected chi connectivity index (χ1v) is 9.92. The number of hydrogen-bond donors (Lipinski definition) is 0. The van der Waals surface area contributed by atoms with E-state index in [-0.39, 0.29) is 19.4 Å². The van der Waals surface area contributed by atoms with Crippen LogP contribution in [0.2, 0.25) is 0 Å². The number of carbonyl (C=O) groups excluding carboxylic acids is 2. The molecule has 30 heavy (non-hydrogen) atoms. The van der Waals surface area contributed by atoms with Crippen molar-refractivity contribution >= 4 is 22.3 Å². The fourth-order valence-corrected chi connectivity index (χ4v) is 1.07. The summed E-state index contributed by atoms with van der Waals surface area (Å²) in [5, 5.41) is 0. The highest BCUT2D eigenvalue weighted by Gasteiger charge is 2.10. The Hall–Kier alpha value is -1.79. The van der Waals surface area contributed by atoms with Crippen LogP contribution in [-0.4, -0.2) is 107 Å². The molecule has 0 bridgehead atoms. The summed E-state index contributed by atoms with van der Waals surface area (Å²) in [5.41, 5.74) is 0.910. The van der Waals surface area contributed by atoms with Crippen LogP contribution in [0.4, 0.5) is 0 Å². The van der Waals surface area contributed by atoms with Crippen LogP contribution >= 0.6 is 0 Å². The van der Waals surface area contributed by atoms with Crippen molar-refractivity contribution in [3.8, 4) is 0 Å². The Kier molecular flexibility index (Phi) is 19.0. The summed E-state index contributed by atoms with van der Waals surface area (Å²) < 4.78 is 45.5. The molecule has 180 valence electrons. The molecule has 0 spiro atoms. The molecule has 0 aromatic heterocycles. The average Bonchev–Trinajstić information content (AvgIpc) is 2.42. The molecular formula is C19H40N2O8S. The summed E-state index contributed by atoms with van der Waals surface area (Å²) in [7, 11) is 7.13. The number of carbonyl (C=O) groups is 2. The molecule has 0 rings (SSSR count). The molecule has 0 aromatic carbocycles. The third-order valence-electron chi connectivity index (χ3n) is 2.69. The zero-order valence-corrected chi connectivity index (χ0v) is 19.6. The Bertz CT molecular complexity index is 594. The van der Waals surface area contributed by atoms with Crippen LogP contribution in [0, 0.1) is 0 Å². The van der Waals surface area contributed by atoms with Gasteiger partial charge in [-0.3, -0.25) is 8.42 Å². The summed E-state index contributed by atoms with van der Waals surface area (Å²) in [4.78, 5) is 21.8. The van der Waals surface area contributed by atoms with Crippen molar-refractivity contribution in [2.45, 2.75) is 21.3 Å². The fraction of sp³-hybridized carbons (Fsp3) is 0.684.